The Morgan fingerprint density at radius 1 is 0.909 bits per heavy atom. The van der Waals surface area contributed by atoms with Crippen molar-refractivity contribution in [2.75, 3.05) is 0 Å². The molecular weight excluding hydrogens is 410 g/mol. The van der Waals surface area contributed by atoms with E-state index < -0.39 is 6.10 Å². The van der Waals surface area contributed by atoms with Crippen molar-refractivity contribution >= 4 is 5.91 Å². The van der Waals surface area contributed by atoms with Crippen molar-refractivity contribution in [3.63, 3.8) is 0 Å². The monoisotopic (exact) mass is 445 g/mol. The van der Waals surface area contributed by atoms with Gasteiger partial charge in [0.1, 0.15) is 0 Å². The van der Waals surface area contributed by atoms with Crippen molar-refractivity contribution in [1.82, 2.24) is 14.8 Å². The van der Waals surface area contributed by atoms with E-state index in [9.17, 15) is 4.79 Å². The molecule has 5 heteroatoms. The summed E-state index contributed by atoms with van der Waals surface area (Å²) in [7, 11) is 0. The van der Waals surface area contributed by atoms with Gasteiger partial charge in [-0.05, 0) is 83.6 Å². The molecule has 1 aliphatic rings. The van der Waals surface area contributed by atoms with Crippen LogP contribution >= 0.6 is 0 Å². The molecule has 1 unspecified atom stereocenters. The molecule has 174 valence electrons. The Balaban J connectivity index is 1.73. The van der Waals surface area contributed by atoms with Gasteiger partial charge in [0.25, 0.3) is 5.91 Å². The van der Waals surface area contributed by atoms with Crippen molar-refractivity contribution < 1.29 is 9.63 Å². The summed E-state index contributed by atoms with van der Waals surface area (Å²) in [5.74, 6) is -0.176. The Hall–Kier alpha value is -2.76. The van der Waals surface area contributed by atoms with Crippen LogP contribution in [0.25, 0.3) is 11.1 Å². The van der Waals surface area contributed by atoms with Gasteiger partial charge in [-0.2, -0.15) is 10.2 Å². The average Bonchev–Trinajstić information content (AvgIpc) is 3.11. The second-order valence-corrected chi connectivity index (χ2v) is 10.4. The third-order valence-corrected chi connectivity index (χ3v) is 6.65. The summed E-state index contributed by atoms with van der Waals surface area (Å²) in [4.78, 5) is 20.4. The van der Waals surface area contributed by atoms with Gasteiger partial charge in [0, 0.05) is 16.8 Å². The Kier molecular flexibility index (Phi) is 6.30. The van der Waals surface area contributed by atoms with Gasteiger partial charge in [0.2, 0.25) is 0 Å². The fourth-order valence-electron chi connectivity index (χ4n) is 5.06. The normalized spacial score (nSPS) is 18.7. The largest absolute Gasteiger partial charge is 0.282 e. The molecule has 0 bridgehead atoms. The van der Waals surface area contributed by atoms with Crippen molar-refractivity contribution in [1.29, 1.82) is 0 Å². The van der Waals surface area contributed by atoms with Gasteiger partial charge >= 0.3 is 0 Å². The molecule has 1 saturated heterocycles. The van der Waals surface area contributed by atoms with Gasteiger partial charge in [-0.25, -0.2) is 4.68 Å². The molecule has 1 atom stereocenters. The molecule has 0 radical (unpaired) electrons. The summed E-state index contributed by atoms with van der Waals surface area (Å²) in [5.41, 5.74) is 4.34. The minimum atomic E-state index is -0.788. The Labute approximate surface area is 197 Å². The maximum absolute atomic E-state index is 13.8. The Morgan fingerprint density at radius 2 is 1.48 bits per heavy atom. The molecule has 33 heavy (non-hydrogen) atoms. The number of aromatic nitrogens is 2. The minimum Gasteiger partial charge on any atom is -0.280 e. The van der Waals surface area contributed by atoms with Crippen LogP contribution in [-0.2, 0) is 4.84 Å². The number of carbonyl (C=O) groups is 1. The maximum atomic E-state index is 13.8. The smallest absolute Gasteiger partial charge is 0.280 e. The number of hydrogen-bond donors (Lipinski definition) is 0. The van der Waals surface area contributed by atoms with E-state index in [1.807, 2.05) is 50.2 Å². The predicted octanol–water partition coefficient (Wildman–Crippen LogP) is 6.52. The van der Waals surface area contributed by atoms with Crippen LogP contribution in [0.4, 0.5) is 0 Å². The summed E-state index contributed by atoms with van der Waals surface area (Å²) in [5, 5.41) is 6.51. The highest BCUT2D eigenvalue weighted by atomic mass is 16.7. The standard InChI is InChI=1S/C28H35N3O2/c1-20-19-21(2)30(29-20)26(32)25(33-31-27(3,4)17-10-18-28(31,5)6)24-15-13-23(14-16-24)22-11-8-7-9-12-22/h7-9,11-16,19,25H,10,17-18H2,1-6H3. The molecule has 5 nitrogen and oxygen atoms in total. The van der Waals surface area contributed by atoms with Gasteiger partial charge < -0.3 is 0 Å². The molecule has 1 aromatic heterocycles. The number of nitrogens with zero attached hydrogens (tertiary/aromatic N) is 3. The molecule has 4 rings (SSSR count). The highest BCUT2D eigenvalue weighted by Crippen LogP contribution is 2.41. The van der Waals surface area contributed by atoms with Gasteiger partial charge in [-0.15, -0.1) is 0 Å². The predicted molar refractivity (Wildman–Crippen MR) is 132 cm³/mol. The van der Waals surface area contributed by atoms with E-state index in [1.54, 1.807) is 0 Å². The van der Waals surface area contributed by atoms with Crippen LogP contribution in [0.1, 0.15) is 74.8 Å². The van der Waals surface area contributed by atoms with Crippen molar-refractivity contribution in [3.05, 3.63) is 77.6 Å². The summed E-state index contributed by atoms with van der Waals surface area (Å²) in [6.45, 7) is 12.6. The zero-order valence-electron chi connectivity index (χ0n) is 20.6. The molecule has 2 heterocycles. The molecule has 1 fully saturated rings. The second-order valence-electron chi connectivity index (χ2n) is 10.4. The molecule has 0 aliphatic carbocycles. The van der Waals surface area contributed by atoms with Crippen LogP contribution in [-0.4, -0.2) is 31.8 Å². The van der Waals surface area contributed by atoms with Crippen molar-refractivity contribution in [2.45, 2.75) is 78.0 Å². The van der Waals surface area contributed by atoms with Gasteiger partial charge in [0.15, 0.2) is 6.10 Å². The van der Waals surface area contributed by atoms with E-state index in [0.717, 1.165) is 47.3 Å². The maximum Gasteiger partial charge on any atom is 0.282 e. The Morgan fingerprint density at radius 3 is 2.03 bits per heavy atom. The van der Waals surface area contributed by atoms with Crippen LogP contribution in [0, 0.1) is 13.8 Å². The molecule has 0 amide bonds. The van der Waals surface area contributed by atoms with Crippen LogP contribution in [0.5, 0.6) is 0 Å². The van der Waals surface area contributed by atoms with Gasteiger partial charge in [-0.3, -0.25) is 9.63 Å². The number of carbonyl (C=O) groups excluding carboxylic acids is 1. The fourth-order valence-corrected chi connectivity index (χ4v) is 5.06. The third kappa shape index (κ3) is 4.80. The zero-order valence-corrected chi connectivity index (χ0v) is 20.6. The number of rotatable bonds is 5. The van der Waals surface area contributed by atoms with Crippen LogP contribution in [0.2, 0.25) is 0 Å². The second kappa shape index (κ2) is 8.88. The summed E-state index contributed by atoms with van der Waals surface area (Å²) in [6, 6.07) is 20.3. The molecule has 1 aliphatic heterocycles. The van der Waals surface area contributed by atoms with E-state index in [2.05, 4.69) is 62.1 Å². The molecule has 3 aromatic rings. The number of piperidine rings is 1. The molecular formula is C28H35N3O2. The van der Waals surface area contributed by atoms with E-state index in [1.165, 1.54) is 4.68 Å². The highest BCUT2D eigenvalue weighted by Gasteiger charge is 2.45. The minimum absolute atomic E-state index is 0.176. The van der Waals surface area contributed by atoms with E-state index in [-0.39, 0.29) is 17.0 Å². The number of aryl methyl sites for hydroxylation is 2. The molecule has 0 spiro atoms. The first-order chi connectivity index (χ1) is 15.6. The molecule has 2 aromatic carbocycles. The zero-order chi connectivity index (χ0) is 23.8. The average molecular weight is 446 g/mol. The molecule has 0 N–H and O–H groups in total. The highest BCUT2D eigenvalue weighted by molar-refractivity contribution is 5.84. The van der Waals surface area contributed by atoms with Crippen molar-refractivity contribution in [2.24, 2.45) is 0 Å². The summed E-state index contributed by atoms with van der Waals surface area (Å²) >= 11 is 0. The Bertz CT molecular complexity index is 1100. The lowest BCUT2D eigenvalue weighted by atomic mass is 9.82. The molecule has 0 saturated carbocycles. The van der Waals surface area contributed by atoms with E-state index in [4.69, 9.17) is 4.84 Å². The SMILES string of the molecule is Cc1cc(C)n(C(=O)C(ON2C(C)(C)CCCC2(C)C)c2ccc(-c3ccccc3)cc2)n1. The third-order valence-electron chi connectivity index (χ3n) is 6.65. The lowest BCUT2D eigenvalue weighted by molar-refractivity contribution is -0.297. The summed E-state index contributed by atoms with van der Waals surface area (Å²) < 4.78 is 1.48. The number of hydroxylamine groups is 2. The lowest BCUT2D eigenvalue weighted by Crippen LogP contribution is -2.59. The van der Waals surface area contributed by atoms with E-state index >= 15 is 0 Å². The topological polar surface area (TPSA) is 47.4 Å². The first kappa shape index (κ1) is 23.4. The van der Waals surface area contributed by atoms with E-state index in [0.29, 0.717) is 0 Å². The number of hydrogen-bond acceptors (Lipinski definition) is 4. The van der Waals surface area contributed by atoms with Crippen LogP contribution < -0.4 is 0 Å². The van der Waals surface area contributed by atoms with Crippen molar-refractivity contribution in [3.8, 4) is 11.1 Å². The quantitative estimate of drug-likeness (QED) is 0.448. The fraction of sp³-hybridized carbons (Fsp3) is 0.429. The first-order valence-electron chi connectivity index (χ1n) is 11.8. The van der Waals surface area contributed by atoms with Gasteiger partial charge in [-0.1, -0.05) is 54.6 Å². The summed E-state index contributed by atoms with van der Waals surface area (Å²) in [6.07, 6.45) is 2.39. The van der Waals surface area contributed by atoms with Gasteiger partial charge in [0.05, 0.1) is 5.69 Å². The lowest BCUT2D eigenvalue weighted by Gasteiger charge is -2.52. The first-order valence-corrected chi connectivity index (χ1v) is 11.8. The van der Waals surface area contributed by atoms with Crippen LogP contribution in [0.3, 0.4) is 0 Å². The number of benzene rings is 2. The van der Waals surface area contributed by atoms with Crippen LogP contribution in [0.15, 0.2) is 60.7 Å².